The Morgan fingerprint density at radius 3 is 2.69 bits per heavy atom. The molecule has 1 saturated heterocycles. The summed E-state index contributed by atoms with van der Waals surface area (Å²) in [7, 11) is 0. The molecular weight excluding hydrogens is 176 g/mol. The summed E-state index contributed by atoms with van der Waals surface area (Å²) >= 11 is 0. The smallest absolute Gasteiger partial charge is 0.275 e. The van der Waals surface area contributed by atoms with E-state index < -0.39 is 22.9 Å². The predicted molar refractivity (Wildman–Crippen MR) is 42.6 cm³/mol. The molecule has 2 rings (SSSR count). The third-order valence-corrected chi connectivity index (χ3v) is 1.98. The number of ether oxygens (including phenoxy) is 2. The zero-order valence-corrected chi connectivity index (χ0v) is 6.78. The summed E-state index contributed by atoms with van der Waals surface area (Å²) in [5.74, 6) is -0.836. The van der Waals surface area contributed by atoms with Crippen molar-refractivity contribution < 1.29 is 14.6 Å². The van der Waals surface area contributed by atoms with Crippen LogP contribution in [0, 0.1) is 0 Å². The van der Waals surface area contributed by atoms with Gasteiger partial charge in [-0.05, 0) is 6.42 Å². The number of rotatable bonds is 2. The molecule has 0 aliphatic carbocycles. The van der Waals surface area contributed by atoms with Crippen molar-refractivity contribution in [3.63, 3.8) is 0 Å². The Kier molecular flexibility index (Phi) is 1.81. The third kappa shape index (κ3) is 1.21. The second kappa shape index (κ2) is 2.85. The second-order valence-electron chi connectivity index (χ2n) is 2.90. The Morgan fingerprint density at radius 1 is 1.38 bits per heavy atom. The molecule has 1 heterocycles. The number of hydrogen-bond acceptors (Lipinski definition) is 5. The maximum absolute atomic E-state index is 10.8. The van der Waals surface area contributed by atoms with Crippen molar-refractivity contribution in [1.29, 1.82) is 0 Å². The molecule has 13 heavy (non-hydrogen) atoms. The van der Waals surface area contributed by atoms with Gasteiger partial charge in [-0.15, -0.1) is 0 Å². The van der Waals surface area contributed by atoms with Crippen molar-refractivity contribution in [2.75, 3.05) is 6.61 Å². The summed E-state index contributed by atoms with van der Waals surface area (Å²) in [5, 5.41) is 8.94. The molecule has 1 atom stereocenters. The zero-order chi connectivity index (χ0) is 9.42. The van der Waals surface area contributed by atoms with Gasteiger partial charge in [0, 0.05) is 6.42 Å². The van der Waals surface area contributed by atoms with Gasteiger partial charge in [-0.3, -0.25) is 9.59 Å². The summed E-state index contributed by atoms with van der Waals surface area (Å²) in [4.78, 5) is 21.4. The molecule has 1 aromatic carbocycles. The van der Waals surface area contributed by atoms with Crippen LogP contribution in [-0.4, -0.2) is 18.0 Å². The summed E-state index contributed by atoms with van der Waals surface area (Å²) in [5.41, 5.74) is -1.65. The van der Waals surface area contributed by atoms with Crippen LogP contribution in [-0.2, 0) is 4.74 Å². The minimum atomic E-state index is -0.881. The fourth-order valence-electron chi connectivity index (χ4n) is 1.24. The first-order valence-electron chi connectivity index (χ1n) is 4.00. The summed E-state index contributed by atoms with van der Waals surface area (Å²) in [6.07, 6.45) is 1.05. The summed E-state index contributed by atoms with van der Waals surface area (Å²) < 4.78 is 10.0. The highest BCUT2D eigenvalue weighted by Gasteiger charge is 2.26. The monoisotopic (exact) mass is 184 g/mol. The van der Waals surface area contributed by atoms with Crippen LogP contribution >= 0.6 is 0 Å². The van der Waals surface area contributed by atoms with Gasteiger partial charge in [-0.25, -0.2) is 0 Å². The molecule has 1 aliphatic heterocycles. The van der Waals surface area contributed by atoms with E-state index in [2.05, 4.69) is 0 Å². The van der Waals surface area contributed by atoms with E-state index in [4.69, 9.17) is 14.6 Å². The van der Waals surface area contributed by atoms with Gasteiger partial charge in [0.2, 0.25) is 11.5 Å². The van der Waals surface area contributed by atoms with E-state index in [0.717, 1.165) is 6.42 Å². The van der Waals surface area contributed by atoms with Crippen LogP contribution < -0.4 is 15.6 Å². The predicted octanol–water partition coefficient (Wildman–Crippen LogP) is -0.497. The fraction of sp³-hybridized carbons (Fsp3) is 0.500. The summed E-state index contributed by atoms with van der Waals surface area (Å²) in [6.45, 7) is 0.584. The Labute approximate surface area is 73.2 Å². The molecule has 1 aliphatic rings. The van der Waals surface area contributed by atoms with Crippen LogP contribution in [0.1, 0.15) is 12.8 Å². The molecule has 1 N–H and O–H groups in total. The van der Waals surface area contributed by atoms with Gasteiger partial charge >= 0.3 is 0 Å². The molecule has 1 unspecified atom stereocenters. The first-order chi connectivity index (χ1) is 6.20. The van der Waals surface area contributed by atoms with E-state index in [1.807, 2.05) is 0 Å². The van der Waals surface area contributed by atoms with Crippen molar-refractivity contribution in [3.8, 4) is 11.5 Å². The molecule has 70 valence electrons. The van der Waals surface area contributed by atoms with Crippen LogP contribution in [0.5, 0.6) is 11.5 Å². The SMILES string of the molecule is O=c1c(O)c(OC2CCCO2)c1=O. The standard InChI is InChI=1S/C8H8O5/c9-5-6(10)8(7(5)11)13-4-2-1-3-12-4/h4,10H,1-3H2. The van der Waals surface area contributed by atoms with Gasteiger partial charge in [0.1, 0.15) is 0 Å². The average Bonchev–Trinajstić information content (AvgIpc) is 2.65. The van der Waals surface area contributed by atoms with E-state index in [1.54, 1.807) is 0 Å². The zero-order valence-electron chi connectivity index (χ0n) is 6.78. The van der Waals surface area contributed by atoms with Crippen LogP contribution in [0.15, 0.2) is 9.59 Å². The Balaban J connectivity index is 2.10. The van der Waals surface area contributed by atoms with Crippen LogP contribution in [0.4, 0.5) is 0 Å². The molecule has 5 nitrogen and oxygen atoms in total. The minimum Gasteiger partial charge on any atom is -0.501 e. The van der Waals surface area contributed by atoms with Gasteiger partial charge in [-0.2, -0.15) is 0 Å². The number of hydrogen-bond donors (Lipinski definition) is 1. The van der Waals surface area contributed by atoms with Crippen molar-refractivity contribution >= 4 is 0 Å². The van der Waals surface area contributed by atoms with Crippen molar-refractivity contribution in [2.24, 2.45) is 0 Å². The van der Waals surface area contributed by atoms with E-state index in [0.29, 0.717) is 13.0 Å². The topological polar surface area (TPSA) is 72.8 Å². The molecule has 0 radical (unpaired) electrons. The average molecular weight is 184 g/mol. The van der Waals surface area contributed by atoms with Crippen LogP contribution in [0.25, 0.3) is 0 Å². The van der Waals surface area contributed by atoms with Gasteiger partial charge in [0.15, 0.2) is 6.29 Å². The first-order valence-corrected chi connectivity index (χ1v) is 4.00. The molecule has 0 bridgehead atoms. The highest BCUT2D eigenvalue weighted by atomic mass is 16.7. The highest BCUT2D eigenvalue weighted by molar-refractivity contribution is 5.44. The molecule has 0 spiro atoms. The lowest BCUT2D eigenvalue weighted by Crippen LogP contribution is -2.34. The quantitative estimate of drug-likeness (QED) is 0.627. The molecule has 1 aromatic rings. The Hall–Kier alpha value is -1.36. The lowest BCUT2D eigenvalue weighted by Gasteiger charge is -2.13. The van der Waals surface area contributed by atoms with Crippen LogP contribution in [0.3, 0.4) is 0 Å². The molecule has 0 aromatic heterocycles. The molecular formula is C8H8O5. The fourth-order valence-corrected chi connectivity index (χ4v) is 1.24. The van der Waals surface area contributed by atoms with E-state index in [-0.39, 0.29) is 5.75 Å². The lowest BCUT2D eigenvalue weighted by atomic mass is 10.2. The largest absolute Gasteiger partial charge is 0.501 e. The maximum atomic E-state index is 10.8. The normalized spacial score (nSPS) is 22.3. The highest BCUT2D eigenvalue weighted by Crippen LogP contribution is 2.23. The molecule has 0 saturated carbocycles. The Bertz CT molecular complexity index is 381. The van der Waals surface area contributed by atoms with Crippen molar-refractivity contribution in [1.82, 2.24) is 0 Å². The van der Waals surface area contributed by atoms with Crippen molar-refractivity contribution in [2.45, 2.75) is 19.1 Å². The summed E-state index contributed by atoms with van der Waals surface area (Å²) in [6, 6.07) is 0. The minimum absolute atomic E-state index is 0.253. The van der Waals surface area contributed by atoms with Gasteiger partial charge < -0.3 is 14.6 Å². The first kappa shape index (κ1) is 8.25. The lowest BCUT2D eigenvalue weighted by molar-refractivity contribution is -0.0419. The number of aromatic hydroxyl groups is 1. The van der Waals surface area contributed by atoms with Gasteiger partial charge in [0.25, 0.3) is 10.9 Å². The molecule has 5 heteroatoms. The van der Waals surface area contributed by atoms with Gasteiger partial charge in [-0.1, -0.05) is 0 Å². The molecule has 1 fully saturated rings. The van der Waals surface area contributed by atoms with E-state index >= 15 is 0 Å². The third-order valence-electron chi connectivity index (χ3n) is 1.98. The van der Waals surface area contributed by atoms with E-state index in [1.165, 1.54) is 0 Å². The second-order valence-corrected chi connectivity index (χ2v) is 2.90. The Morgan fingerprint density at radius 2 is 2.15 bits per heavy atom. The molecule has 0 amide bonds. The van der Waals surface area contributed by atoms with Gasteiger partial charge in [0.05, 0.1) is 6.61 Å². The maximum Gasteiger partial charge on any atom is 0.275 e. The van der Waals surface area contributed by atoms with Crippen molar-refractivity contribution in [3.05, 3.63) is 20.4 Å². The van der Waals surface area contributed by atoms with Crippen LogP contribution in [0.2, 0.25) is 0 Å². The van der Waals surface area contributed by atoms with E-state index in [9.17, 15) is 9.59 Å².